The van der Waals surface area contributed by atoms with Crippen molar-refractivity contribution < 1.29 is 0 Å². The van der Waals surface area contributed by atoms with Crippen LogP contribution in [0.1, 0.15) is 45.2 Å². The molecule has 2 rings (SSSR count). The van der Waals surface area contributed by atoms with Crippen LogP contribution in [0.15, 0.2) is 24.4 Å². The standard InChI is InChI=1S/C17H25N3S/c1-12(2)10-18-11-14-15(17(3,4)5)20-16(21-14)13-8-6-7-9-19-13/h6-9,12,18H,10-11H2,1-5H3. The Morgan fingerprint density at radius 3 is 2.57 bits per heavy atom. The molecule has 1 N–H and O–H groups in total. The summed E-state index contributed by atoms with van der Waals surface area (Å²) in [6, 6.07) is 5.97. The van der Waals surface area contributed by atoms with Crippen LogP contribution in [0, 0.1) is 5.92 Å². The molecule has 2 aromatic rings. The molecule has 0 unspecified atom stereocenters. The van der Waals surface area contributed by atoms with E-state index < -0.39 is 0 Å². The molecule has 21 heavy (non-hydrogen) atoms. The summed E-state index contributed by atoms with van der Waals surface area (Å²) in [5, 5.41) is 4.54. The summed E-state index contributed by atoms with van der Waals surface area (Å²) in [6.07, 6.45) is 1.82. The maximum absolute atomic E-state index is 4.87. The van der Waals surface area contributed by atoms with E-state index in [0.717, 1.165) is 23.8 Å². The fourth-order valence-corrected chi connectivity index (χ4v) is 3.35. The summed E-state index contributed by atoms with van der Waals surface area (Å²) < 4.78 is 0. The summed E-state index contributed by atoms with van der Waals surface area (Å²) in [5.74, 6) is 0.659. The van der Waals surface area contributed by atoms with E-state index in [-0.39, 0.29) is 5.41 Å². The smallest absolute Gasteiger partial charge is 0.142 e. The molecule has 0 amide bonds. The summed E-state index contributed by atoms with van der Waals surface area (Å²) >= 11 is 1.76. The molecule has 114 valence electrons. The van der Waals surface area contributed by atoms with Crippen LogP contribution in [0.5, 0.6) is 0 Å². The first-order valence-corrected chi connectivity index (χ1v) is 8.32. The lowest BCUT2D eigenvalue weighted by Gasteiger charge is -2.18. The molecule has 0 spiro atoms. The van der Waals surface area contributed by atoms with E-state index in [1.807, 2.05) is 24.4 Å². The second-order valence-electron chi connectivity index (χ2n) is 6.78. The minimum absolute atomic E-state index is 0.0539. The number of nitrogens with one attached hydrogen (secondary N) is 1. The number of thiazole rings is 1. The van der Waals surface area contributed by atoms with E-state index in [4.69, 9.17) is 4.98 Å². The van der Waals surface area contributed by atoms with Gasteiger partial charge in [0.2, 0.25) is 0 Å². The van der Waals surface area contributed by atoms with Gasteiger partial charge in [0.25, 0.3) is 0 Å². The number of hydrogen-bond acceptors (Lipinski definition) is 4. The molecule has 0 bridgehead atoms. The average molecular weight is 303 g/mol. The summed E-state index contributed by atoms with van der Waals surface area (Å²) in [5.41, 5.74) is 2.20. The van der Waals surface area contributed by atoms with Crippen molar-refractivity contribution in [2.75, 3.05) is 6.54 Å². The Morgan fingerprint density at radius 2 is 2.00 bits per heavy atom. The predicted molar refractivity (Wildman–Crippen MR) is 90.6 cm³/mol. The number of aromatic nitrogens is 2. The van der Waals surface area contributed by atoms with Crippen molar-refractivity contribution in [3.8, 4) is 10.7 Å². The van der Waals surface area contributed by atoms with E-state index in [0.29, 0.717) is 5.92 Å². The highest BCUT2D eigenvalue weighted by Gasteiger charge is 2.23. The molecule has 0 atom stereocenters. The maximum atomic E-state index is 4.87. The summed E-state index contributed by atoms with van der Waals surface area (Å²) in [7, 11) is 0. The van der Waals surface area contributed by atoms with Crippen LogP contribution in [0.3, 0.4) is 0 Å². The summed E-state index contributed by atoms with van der Waals surface area (Å²) in [4.78, 5) is 10.6. The molecular formula is C17H25N3S. The topological polar surface area (TPSA) is 37.8 Å². The monoisotopic (exact) mass is 303 g/mol. The molecule has 0 aromatic carbocycles. The lowest BCUT2D eigenvalue weighted by molar-refractivity contribution is 0.535. The largest absolute Gasteiger partial charge is 0.312 e. The highest BCUT2D eigenvalue weighted by atomic mass is 32.1. The maximum Gasteiger partial charge on any atom is 0.142 e. The van der Waals surface area contributed by atoms with Crippen molar-refractivity contribution in [2.24, 2.45) is 5.92 Å². The van der Waals surface area contributed by atoms with Crippen molar-refractivity contribution in [1.82, 2.24) is 15.3 Å². The molecular weight excluding hydrogens is 278 g/mol. The lowest BCUT2D eigenvalue weighted by atomic mass is 9.91. The first kappa shape index (κ1) is 16.1. The molecule has 0 fully saturated rings. The van der Waals surface area contributed by atoms with E-state index in [9.17, 15) is 0 Å². The Balaban J connectivity index is 2.28. The van der Waals surface area contributed by atoms with Gasteiger partial charge >= 0.3 is 0 Å². The van der Waals surface area contributed by atoms with Crippen LogP contribution in [0.25, 0.3) is 10.7 Å². The van der Waals surface area contributed by atoms with E-state index in [1.165, 1.54) is 10.6 Å². The number of rotatable bonds is 5. The zero-order chi connectivity index (χ0) is 15.5. The summed E-state index contributed by atoms with van der Waals surface area (Å²) in [6.45, 7) is 13.0. The van der Waals surface area contributed by atoms with Crippen LogP contribution in [-0.2, 0) is 12.0 Å². The first-order chi connectivity index (χ1) is 9.88. The van der Waals surface area contributed by atoms with Gasteiger partial charge in [-0.25, -0.2) is 4.98 Å². The van der Waals surface area contributed by atoms with E-state index in [2.05, 4.69) is 44.9 Å². The van der Waals surface area contributed by atoms with Gasteiger partial charge in [-0.2, -0.15) is 0 Å². The van der Waals surface area contributed by atoms with Gasteiger partial charge in [0.15, 0.2) is 0 Å². The first-order valence-electron chi connectivity index (χ1n) is 7.50. The van der Waals surface area contributed by atoms with Crippen LogP contribution in [-0.4, -0.2) is 16.5 Å². The Kier molecular flexibility index (Phi) is 5.12. The van der Waals surface area contributed by atoms with E-state index >= 15 is 0 Å². The third-order valence-electron chi connectivity index (χ3n) is 3.13. The number of hydrogen-bond donors (Lipinski definition) is 1. The van der Waals surface area contributed by atoms with Gasteiger partial charge < -0.3 is 5.32 Å². The molecule has 2 aromatic heterocycles. The zero-order valence-electron chi connectivity index (χ0n) is 13.6. The van der Waals surface area contributed by atoms with Crippen LogP contribution in [0.2, 0.25) is 0 Å². The van der Waals surface area contributed by atoms with Gasteiger partial charge in [0.1, 0.15) is 5.01 Å². The fraction of sp³-hybridized carbons (Fsp3) is 0.529. The van der Waals surface area contributed by atoms with Gasteiger partial charge in [-0.15, -0.1) is 11.3 Å². The minimum atomic E-state index is 0.0539. The molecule has 0 aliphatic rings. The van der Waals surface area contributed by atoms with Crippen molar-refractivity contribution in [1.29, 1.82) is 0 Å². The number of pyridine rings is 1. The van der Waals surface area contributed by atoms with Crippen molar-refractivity contribution >= 4 is 11.3 Å². The molecule has 0 radical (unpaired) electrons. The lowest BCUT2D eigenvalue weighted by Crippen LogP contribution is -2.21. The SMILES string of the molecule is CC(C)CNCc1sc(-c2ccccn2)nc1C(C)(C)C. The average Bonchev–Trinajstić information content (AvgIpc) is 2.83. The third kappa shape index (κ3) is 4.35. The van der Waals surface area contributed by atoms with E-state index in [1.54, 1.807) is 11.3 Å². The van der Waals surface area contributed by atoms with Crippen molar-refractivity contribution in [3.63, 3.8) is 0 Å². The second-order valence-corrected chi connectivity index (χ2v) is 7.86. The normalized spacial score (nSPS) is 12.1. The van der Waals surface area contributed by atoms with Crippen LogP contribution >= 0.6 is 11.3 Å². The minimum Gasteiger partial charge on any atom is -0.312 e. The molecule has 2 heterocycles. The van der Waals surface area contributed by atoms with Crippen LogP contribution < -0.4 is 5.32 Å². The van der Waals surface area contributed by atoms with Gasteiger partial charge in [-0.05, 0) is 24.6 Å². The van der Waals surface area contributed by atoms with Gasteiger partial charge in [-0.3, -0.25) is 4.98 Å². The Hall–Kier alpha value is -1.26. The van der Waals surface area contributed by atoms with Gasteiger partial charge in [0, 0.05) is 23.0 Å². The highest BCUT2D eigenvalue weighted by Crippen LogP contribution is 2.33. The zero-order valence-corrected chi connectivity index (χ0v) is 14.4. The molecule has 0 saturated carbocycles. The second kappa shape index (κ2) is 6.67. The molecule has 4 heteroatoms. The van der Waals surface area contributed by atoms with Gasteiger partial charge in [-0.1, -0.05) is 40.7 Å². The number of nitrogens with zero attached hydrogens (tertiary/aromatic N) is 2. The van der Waals surface area contributed by atoms with Crippen molar-refractivity contribution in [3.05, 3.63) is 35.0 Å². The quantitative estimate of drug-likeness (QED) is 0.897. The van der Waals surface area contributed by atoms with Gasteiger partial charge in [0.05, 0.1) is 11.4 Å². The molecule has 0 aliphatic heterocycles. The van der Waals surface area contributed by atoms with Crippen molar-refractivity contribution in [2.45, 2.75) is 46.6 Å². The molecule has 0 aliphatic carbocycles. The predicted octanol–water partition coefficient (Wildman–Crippen LogP) is 4.25. The molecule has 0 saturated heterocycles. The molecule has 3 nitrogen and oxygen atoms in total. The highest BCUT2D eigenvalue weighted by molar-refractivity contribution is 7.15. The fourth-order valence-electron chi connectivity index (χ4n) is 2.13. The Bertz CT molecular complexity index is 567. The third-order valence-corrected chi connectivity index (χ3v) is 4.21. The Labute approximate surface area is 131 Å². The van der Waals surface area contributed by atoms with Crippen LogP contribution in [0.4, 0.5) is 0 Å². The Morgan fingerprint density at radius 1 is 1.24 bits per heavy atom.